The number of hydrogen-bond acceptors (Lipinski definition) is 3. The lowest BCUT2D eigenvalue weighted by Gasteiger charge is -2.23. The maximum absolute atomic E-state index is 13.0. The Labute approximate surface area is 148 Å². The van der Waals surface area contributed by atoms with Gasteiger partial charge < -0.3 is 9.64 Å². The number of rotatable bonds is 7. The van der Waals surface area contributed by atoms with Crippen molar-refractivity contribution in [2.45, 2.75) is 26.8 Å². The summed E-state index contributed by atoms with van der Waals surface area (Å²) in [5, 5.41) is 4.66. The third-order valence-electron chi connectivity index (χ3n) is 3.91. The molecule has 0 N–H and O–H groups in total. The molecule has 1 aromatic heterocycles. The number of carbonyl (C=O) groups excluding carboxylic acids is 1. The average Bonchev–Trinajstić information content (AvgIpc) is 2.80. The molecular formula is C18H24ClN3O2. The van der Waals surface area contributed by atoms with Crippen molar-refractivity contribution < 1.29 is 9.53 Å². The van der Waals surface area contributed by atoms with Crippen molar-refractivity contribution in [3.05, 3.63) is 51.8 Å². The predicted molar refractivity (Wildman–Crippen MR) is 95.4 cm³/mol. The van der Waals surface area contributed by atoms with Gasteiger partial charge in [0.2, 0.25) is 0 Å². The maximum atomic E-state index is 13.0. The molecule has 0 saturated heterocycles. The molecule has 6 heteroatoms. The van der Waals surface area contributed by atoms with E-state index in [9.17, 15) is 4.79 Å². The number of amides is 1. The molecule has 2 rings (SSSR count). The number of nitrogens with zero attached hydrogens (tertiary/aromatic N) is 3. The van der Waals surface area contributed by atoms with Crippen molar-refractivity contribution in [1.82, 2.24) is 14.7 Å². The minimum absolute atomic E-state index is 0.111. The Morgan fingerprint density at radius 2 is 1.96 bits per heavy atom. The number of hydrogen-bond donors (Lipinski definition) is 0. The highest BCUT2D eigenvalue weighted by atomic mass is 35.5. The fraction of sp³-hybridized carbons (Fsp3) is 0.444. The number of aromatic nitrogens is 2. The van der Waals surface area contributed by atoms with E-state index in [1.165, 1.54) is 5.56 Å². The monoisotopic (exact) mass is 349 g/mol. The van der Waals surface area contributed by atoms with Crippen LogP contribution in [-0.2, 0) is 18.3 Å². The molecule has 0 aliphatic rings. The minimum Gasteiger partial charge on any atom is -0.385 e. The molecule has 1 aromatic carbocycles. The van der Waals surface area contributed by atoms with Crippen molar-refractivity contribution in [3.63, 3.8) is 0 Å². The summed E-state index contributed by atoms with van der Waals surface area (Å²) in [4.78, 5) is 14.8. The highest BCUT2D eigenvalue weighted by Crippen LogP contribution is 2.22. The van der Waals surface area contributed by atoms with Crippen LogP contribution in [0.15, 0.2) is 24.3 Å². The Morgan fingerprint density at radius 3 is 2.50 bits per heavy atom. The molecule has 0 fully saturated rings. The van der Waals surface area contributed by atoms with Crippen LogP contribution >= 0.6 is 11.6 Å². The Balaban J connectivity index is 2.23. The maximum Gasteiger partial charge on any atom is 0.273 e. The first-order valence-corrected chi connectivity index (χ1v) is 8.34. The largest absolute Gasteiger partial charge is 0.385 e. The van der Waals surface area contributed by atoms with Gasteiger partial charge in [-0.1, -0.05) is 41.4 Å². The van der Waals surface area contributed by atoms with Gasteiger partial charge in [0, 0.05) is 33.9 Å². The van der Waals surface area contributed by atoms with Crippen molar-refractivity contribution in [2.75, 3.05) is 20.3 Å². The Hall–Kier alpha value is -1.85. The van der Waals surface area contributed by atoms with Gasteiger partial charge in [-0.25, -0.2) is 0 Å². The van der Waals surface area contributed by atoms with Gasteiger partial charge in [-0.05, 0) is 25.8 Å². The first kappa shape index (κ1) is 18.5. The molecule has 0 spiro atoms. The first-order valence-electron chi connectivity index (χ1n) is 7.97. The van der Waals surface area contributed by atoms with Crippen LogP contribution in [0.2, 0.25) is 5.02 Å². The van der Waals surface area contributed by atoms with Gasteiger partial charge in [-0.2, -0.15) is 5.10 Å². The second-order valence-corrected chi connectivity index (χ2v) is 6.31. The van der Waals surface area contributed by atoms with Gasteiger partial charge in [-0.3, -0.25) is 9.48 Å². The lowest BCUT2D eigenvalue weighted by molar-refractivity contribution is 0.0713. The summed E-state index contributed by atoms with van der Waals surface area (Å²) in [6.45, 7) is 5.58. The number of carbonyl (C=O) groups is 1. The topological polar surface area (TPSA) is 47.4 Å². The van der Waals surface area contributed by atoms with Crippen LogP contribution in [0.1, 0.15) is 33.7 Å². The van der Waals surface area contributed by atoms with Gasteiger partial charge in [0.25, 0.3) is 5.91 Å². The van der Waals surface area contributed by atoms with Gasteiger partial charge in [-0.15, -0.1) is 0 Å². The molecule has 1 amide bonds. The lowest BCUT2D eigenvalue weighted by Crippen LogP contribution is -2.33. The summed E-state index contributed by atoms with van der Waals surface area (Å²) < 4.78 is 6.67. The summed E-state index contributed by atoms with van der Waals surface area (Å²) in [5.41, 5.74) is 3.37. The second kappa shape index (κ2) is 8.31. The number of ether oxygens (including phenoxy) is 1. The van der Waals surface area contributed by atoms with Crippen LogP contribution in [0.25, 0.3) is 0 Å². The summed E-state index contributed by atoms with van der Waals surface area (Å²) in [5.74, 6) is -0.111. The minimum atomic E-state index is -0.111. The van der Waals surface area contributed by atoms with Gasteiger partial charge in [0.05, 0.1) is 10.7 Å². The molecule has 130 valence electrons. The molecule has 0 atom stereocenters. The zero-order valence-corrected chi connectivity index (χ0v) is 15.4. The summed E-state index contributed by atoms with van der Waals surface area (Å²) in [6.07, 6.45) is 0.766. The molecule has 1 heterocycles. The van der Waals surface area contributed by atoms with Crippen LogP contribution in [0, 0.1) is 13.8 Å². The van der Waals surface area contributed by atoms with Crippen molar-refractivity contribution in [3.8, 4) is 0 Å². The molecule has 0 bridgehead atoms. The van der Waals surface area contributed by atoms with Crippen molar-refractivity contribution in [2.24, 2.45) is 7.05 Å². The number of benzene rings is 1. The lowest BCUT2D eigenvalue weighted by atomic mass is 10.1. The van der Waals surface area contributed by atoms with Gasteiger partial charge in [0.15, 0.2) is 0 Å². The van der Waals surface area contributed by atoms with Crippen molar-refractivity contribution >= 4 is 17.5 Å². The summed E-state index contributed by atoms with van der Waals surface area (Å²) in [6, 6.07) is 8.19. The van der Waals surface area contributed by atoms with E-state index in [0.29, 0.717) is 36.1 Å². The van der Waals surface area contributed by atoms with Crippen LogP contribution in [0.4, 0.5) is 0 Å². The van der Waals surface area contributed by atoms with Gasteiger partial charge >= 0.3 is 0 Å². The molecule has 5 nitrogen and oxygen atoms in total. The molecular weight excluding hydrogens is 326 g/mol. The van der Waals surface area contributed by atoms with E-state index in [4.69, 9.17) is 16.3 Å². The van der Waals surface area contributed by atoms with Crippen LogP contribution in [0.3, 0.4) is 0 Å². The van der Waals surface area contributed by atoms with Gasteiger partial charge in [0.1, 0.15) is 5.69 Å². The van der Waals surface area contributed by atoms with E-state index in [1.54, 1.807) is 30.7 Å². The molecule has 0 unspecified atom stereocenters. The summed E-state index contributed by atoms with van der Waals surface area (Å²) >= 11 is 6.28. The van der Waals surface area contributed by atoms with E-state index in [0.717, 1.165) is 12.0 Å². The molecule has 0 radical (unpaired) electrons. The normalized spacial score (nSPS) is 10.9. The van der Waals surface area contributed by atoms with E-state index in [1.807, 2.05) is 31.2 Å². The average molecular weight is 350 g/mol. The Bertz CT molecular complexity index is 695. The quantitative estimate of drug-likeness (QED) is 0.720. The van der Waals surface area contributed by atoms with Crippen LogP contribution < -0.4 is 0 Å². The molecule has 24 heavy (non-hydrogen) atoms. The van der Waals surface area contributed by atoms with Crippen LogP contribution in [0.5, 0.6) is 0 Å². The standard InChI is InChI=1S/C18H24ClN3O2/c1-13-6-8-15(9-7-13)12-22(10-5-11-24-4)18(23)17-16(19)14(2)20-21(17)3/h6-9H,5,10-12H2,1-4H3. The van der Waals surface area contributed by atoms with E-state index in [-0.39, 0.29) is 5.91 Å². The third-order valence-corrected chi connectivity index (χ3v) is 4.36. The van der Waals surface area contributed by atoms with E-state index in [2.05, 4.69) is 5.10 Å². The first-order chi connectivity index (χ1) is 11.4. The smallest absolute Gasteiger partial charge is 0.273 e. The fourth-order valence-corrected chi connectivity index (χ4v) is 2.82. The molecule has 0 aliphatic carbocycles. The van der Waals surface area contributed by atoms with E-state index >= 15 is 0 Å². The zero-order valence-electron chi connectivity index (χ0n) is 14.7. The highest BCUT2D eigenvalue weighted by molar-refractivity contribution is 6.34. The fourth-order valence-electron chi connectivity index (χ4n) is 2.58. The third kappa shape index (κ3) is 4.36. The molecule has 2 aromatic rings. The zero-order chi connectivity index (χ0) is 17.7. The van der Waals surface area contributed by atoms with Crippen LogP contribution in [-0.4, -0.2) is 40.8 Å². The molecule has 0 aliphatic heterocycles. The van der Waals surface area contributed by atoms with Crippen molar-refractivity contribution in [1.29, 1.82) is 0 Å². The second-order valence-electron chi connectivity index (χ2n) is 5.93. The molecule has 0 saturated carbocycles. The summed E-state index contributed by atoms with van der Waals surface area (Å²) in [7, 11) is 3.40. The number of halogens is 1. The SMILES string of the molecule is COCCCN(Cc1ccc(C)cc1)C(=O)c1c(Cl)c(C)nn1C. The Kier molecular flexibility index (Phi) is 6.40. The highest BCUT2D eigenvalue weighted by Gasteiger charge is 2.24. The number of aryl methyl sites for hydroxylation is 3. The number of methoxy groups -OCH3 is 1. The van der Waals surface area contributed by atoms with E-state index < -0.39 is 0 Å². The Morgan fingerprint density at radius 1 is 1.29 bits per heavy atom. The predicted octanol–water partition coefficient (Wildman–Crippen LogP) is 3.37.